The van der Waals surface area contributed by atoms with Gasteiger partial charge in [0.05, 0.1) is 19.1 Å². The molecule has 0 aromatic heterocycles. The van der Waals surface area contributed by atoms with Crippen molar-refractivity contribution in [1.29, 1.82) is 0 Å². The topological polar surface area (TPSA) is 214 Å². The molecule has 14 heteroatoms. The van der Waals surface area contributed by atoms with E-state index in [2.05, 4.69) is 0 Å². The Labute approximate surface area is 240 Å². The minimum absolute atomic E-state index is 0.0126. The molecule has 0 spiro atoms. The highest BCUT2D eigenvalue weighted by molar-refractivity contribution is 6.02. The van der Waals surface area contributed by atoms with E-state index in [1.165, 1.54) is 32.2 Å². The fourth-order valence-electron chi connectivity index (χ4n) is 5.35. The fourth-order valence-corrected chi connectivity index (χ4v) is 5.35. The molecule has 3 heterocycles. The number of aliphatic hydroxyl groups is 5. The Kier molecular flexibility index (Phi) is 8.89. The van der Waals surface area contributed by atoms with Crippen molar-refractivity contribution in [2.45, 2.75) is 80.9 Å². The monoisotopic (exact) mass is 594 g/mol. The molecule has 0 unspecified atom stereocenters. The first-order valence-electron chi connectivity index (χ1n) is 13.4. The first-order valence-corrected chi connectivity index (χ1v) is 13.4. The number of carbonyl (C=O) groups is 1. The van der Waals surface area contributed by atoms with E-state index in [0.717, 1.165) is 6.07 Å². The number of Topliss-reactive ketones (excluding diaryl/α,β-unsaturated/α-hetero) is 1. The molecule has 7 N–H and O–H groups in total. The van der Waals surface area contributed by atoms with Crippen LogP contribution in [-0.2, 0) is 18.9 Å². The molecule has 0 bridgehead atoms. The Morgan fingerprint density at radius 2 is 1.62 bits per heavy atom. The maximum atomic E-state index is 12.9. The SMILES string of the molecule is CO[C@H]1[C@H](O)[C@@H](O[C@@H]2O[C@@H](C)[C@H](O)[C@@H](O)[C@@H]2O)[C@H](Oc2cc(O)c3c(c2)O[C@H](c2ccc(O)cc2)CC3=O)O[C@H]1CO. The molecule has 2 fully saturated rings. The number of aliphatic hydroxyl groups excluding tert-OH is 5. The summed E-state index contributed by atoms with van der Waals surface area (Å²) in [5, 5.41) is 72.0. The zero-order valence-electron chi connectivity index (χ0n) is 22.7. The van der Waals surface area contributed by atoms with Gasteiger partial charge in [0.1, 0.15) is 71.3 Å². The third kappa shape index (κ3) is 5.77. The summed E-state index contributed by atoms with van der Waals surface area (Å²) in [6.07, 6.45) is -14.6. The maximum Gasteiger partial charge on any atom is 0.229 e. The van der Waals surface area contributed by atoms with Crippen LogP contribution in [0.2, 0.25) is 0 Å². The van der Waals surface area contributed by atoms with Crippen LogP contribution < -0.4 is 9.47 Å². The number of ketones is 1. The van der Waals surface area contributed by atoms with Crippen LogP contribution in [0.3, 0.4) is 0 Å². The second-order valence-corrected chi connectivity index (χ2v) is 10.5. The second-order valence-electron chi connectivity index (χ2n) is 10.5. The van der Waals surface area contributed by atoms with Crippen molar-refractivity contribution in [1.82, 2.24) is 0 Å². The number of rotatable bonds is 7. The lowest BCUT2D eigenvalue weighted by Crippen LogP contribution is -2.65. The van der Waals surface area contributed by atoms with E-state index in [-0.39, 0.29) is 35.0 Å². The van der Waals surface area contributed by atoms with E-state index < -0.39 is 79.9 Å². The standard InChI is InChI=1S/C28H34O14/c1-11-21(33)22(34)23(35)27(38-11)42-26-24(36)25(37-2)19(10-29)41-28(26)39-14-7-15(31)20-16(32)9-17(40-18(20)8-14)12-3-5-13(30)6-4-12/h3-8,11,17,19,21-31,33-36H,9-10H2,1-2H3/t11-,17-,19-,21-,22+,23-,24-,25+,26+,27-,28+/m0/s1. The van der Waals surface area contributed by atoms with Crippen LogP contribution in [-0.4, -0.2) is 117 Å². The molecular weight excluding hydrogens is 560 g/mol. The van der Waals surface area contributed by atoms with E-state index in [1.54, 1.807) is 12.1 Å². The molecule has 14 nitrogen and oxygen atoms in total. The Hall–Kier alpha value is -3.05. The lowest BCUT2D eigenvalue weighted by molar-refractivity contribution is -0.355. The van der Waals surface area contributed by atoms with Crippen molar-refractivity contribution in [3.05, 3.63) is 47.5 Å². The summed E-state index contributed by atoms with van der Waals surface area (Å²) in [5.41, 5.74) is 0.566. The number of benzene rings is 2. The Balaban J connectivity index is 1.42. The van der Waals surface area contributed by atoms with E-state index in [4.69, 9.17) is 28.4 Å². The molecule has 0 amide bonds. The normalized spacial score (nSPS) is 36.6. The van der Waals surface area contributed by atoms with Crippen LogP contribution in [0, 0.1) is 0 Å². The number of fused-ring (bicyclic) bond motifs is 1. The van der Waals surface area contributed by atoms with E-state index in [1.807, 2.05) is 0 Å². The van der Waals surface area contributed by atoms with Gasteiger partial charge in [-0.1, -0.05) is 12.1 Å². The van der Waals surface area contributed by atoms with Crippen LogP contribution >= 0.6 is 0 Å². The predicted octanol–water partition coefficient (Wildman–Crippen LogP) is -0.511. The van der Waals surface area contributed by atoms with Gasteiger partial charge in [0.2, 0.25) is 6.29 Å². The number of phenols is 2. The van der Waals surface area contributed by atoms with Crippen molar-refractivity contribution in [3.8, 4) is 23.0 Å². The molecule has 11 atom stereocenters. The van der Waals surface area contributed by atoms with Gasteiger partial charge >= 0.3 is 0 Å². The zero-order valence-corrected chi connectivity index (χ0v) is 22.7. The van der Waals surface area contributed by atoms with Gasteiger partial charge in [0.25, 0.3) is 0 Å². The lowest BCUT2D eigenvalue weighted by Gasteiger charge is -2.46. The molecule has 0 radical (unpaired) electrons. The summed E-state index contributed by atoms with van der Waals surface area (Å²) in [7, 11) is 1.28. The number of phenolic OH excluding ortho intramolecular Hbond substituents is 2. The van der Waals surface area contributed by atoms with Gasteiger partial charge in [-0.2, -0.15) is 0 Å². The van der Waals surface area contributed by atoms with Crippen LogP contribution in [0.15, 0.2) is 36.4 Å². The fraction of sp³-hybridized carbons (Fsp3) is 0.536. The van der Waals surface area contributed by atoms with Gasteiger partial charge in [-0.05, 0) is 24.6 Å². The first kappa shape index (κ1) is 30.4. The third-order valence-electron chi connectivity index (χ3n) is 7.66. The van der Waals surface area contributed by atoms with Gasteiger partial charge in [-0.25, -0.2) is 0 Å². The van der Waals surface area contributed by atoms with Crippen molar-refractivity contribution >= 4 is 5.78 Å². The number of hydrogen-bond acceptors (Lipinski definition) is 14. The molecule has 3 aliphatic heterocycles. The number of hydrogen-bond donors (Lipinski definition) is 7. The van der Waals surface area contributed by atoms with Crippen molar-refractivity contribution in [3.63, 3.8) is 0 Å². The van der Waals surface area contributed by atoms with Crippen molar-refractivity contribution in [2.24, 2.45) is 0 Å². The average Bonchev–Trinajstić information content (AvgIpc) is 2.96. The molecule has 42 heavy (non-hydrogen) atoms. The third-order valence-corrected chi connectivity index (χ3v) is 7.66. The molecule has 0 saturated carbocycles. The number of ether oxygens (including phenoxy) is 6. The molecule has 2 aromatic rings. The summed E-state index contributed by atoms with van der Waals surface area (Å²) < 4.78 is 34.4. The van der Waals surface area contributed by atoms with E-state index in [0.29, 0.717) is 5.56 Å². The highest BCUT2D eigenvalue weighted by atomic mass is 16.8. The molecular formula is C28H34O14. The molecule has 230 valence electrons. The Morgan fingerprint density at radius 3 is 2.29 bits per heavy atom. The first-order chi connectivity index (χ1) is 20.0. The van der Waals surface area contributed by atoms with Gasteiger partial charge in [-0.15, -0.1) is 0 Å². The number of carbonyl (C=O) groups excluding carboxylic acids is 1. The highest BCUT2D eigenvalue weighted by Gasteiger charge is 2.51. The molecule has 2 aromatic carbocycles. The second kappa shape index (κ2) is 12.3. The summed E-state index contributed by atoms with van der Waals surface area (Å²) in [6.45, 7) is 0.883. The van der Waals surface area contributed by atoms with Crippen LogP contribution in [0.5, 0.6) is 23.0 Å². The number of methoxy groups -OCH3 is 1. The van der Waals surface area contributed by atoms with Gasteiger partial charge in [0, 0.05) is 19.2 Å². The Bertz CT molecular complexity index is 1250. The number of aromatic hydroxyl groups is 2. The molecule has 3 aliphatic rings. The summed E-state index contributed by atoms with van der Waals surface area (Å²) in [4.78, 5) is 12.9. The van der Waals surface area contributed by atoms with Gasteiger partial charge in [-0.3, -0.25) is 4.79 Å². The maximum absolute atomic E-state index is 12.9. The summed E-state index contributed by atoms with van der Waals surface area (Å²) >= 11 is 0. The summed E-state index contributed by atoms with van der Waals surface area (Å²) in [6, 6.07) is 8.63. The van der Waals surface area contributed by atoms with Gasteiger partial charge in [0.15, 0.2) is 18.2 Å². The largest absolute Gasteiger partial charge is 0.508 e. The molecule has 2 saturated heterocycles. The quantitative estimate of drug-likeness (QED) is 0.215. The summed E-state index contributed by atoms with van der Waals surface area (Å²) in [5.74, 6) is -0.818. The van der Waals surface area contributed by atoms with Crippen LogP contribution in [0.4, 0.5) is 0 Å². The van der Waals surface area contributed by atoms with Crippen LogP contribution in [0.1, 0.15) is 35.4 Å². The molecule has 0 aliphatic carbocycles. The van der Waals surface area contributed by atoms with E-state index >= 15 is 0 Å². The predicted molar refractivity (Wildman–Crippen MR) is 139 cm³/mol. The minimum Gasteiger partial charge on any atom is -0.508 e. The van der Waals surface area contributed by atoms with Crippen molar-refractivity contribution < 1.29 is 69.0 Å². The molecule has 5 rings (SSSR count). The average molecular weight is 595 g/mol. The lowest BCUT2D eigenvalue weighted by atomic mass is 9.95. The minimum atomic E-state index is -1.70. The zero-order chi connectivity index (χ0) is 30.3. The van der Waals surface area contributed by atoms with Crippen molar-refractivity contribution in [2.75, 3.05) is 13.7 Å². The highest BCUT2D eigenvalue weighted by Crippen LogP contribution is 2.43. The Morgan fingerprint density at radius 1 is 0.905 bits per heavy atom. The van der Waals surface area contributed by atoms with E-state index in [9.17, 15) is 40.5 Å². The van der Waals surface area contributed by atoms with Crippen LogP contribution in [0.25, 0.3) is 0 Å². The van der Waals surface area contributed by atoms with Gasteiger partial charge < -0.3 is 64.2 Å². The smallest absolute Gasteiger partial charge is 0.229 e.